The number of aryl methyl sites for hydroxylation is 1. The summed E-state index contributed by atoms with van der Waals surface area (Å²) in [4.78, 5) is 0. The molecule has 1 heterocycles. The molecule has 0 bridgehead atoms. The number of ether oxygens (including phenoxy) is 1. The first-order valence-corrected chi connectivity index (χ1v) is 7.88. The maximum atomic E-state index is 6.21. The summed E-state index contributed by atoms with van der Waals surface area (Å²) in [5.41, 5.74) is 3.85. The van der Waals surface area contributed by atoms with Gasteiger partial charge in [0, 0.05) is 24.6 Å². The zero-order valence-electron chi connectivity index (χ0n) is 12.2. The first-order chi connectivity index (χ1) is 10.3. The number of hydrogen-bond acceptors (Lipinski definition) is 2. The van der Waals surface area contributed by atoms with Crippen molar-refractivity contribution in [2.24, 2.45) is 0 Å². The molecule has 1 aliphatic heterocycles. The third-order valence-corrected chi connectivity index (χ3v) is 4.31. The van der Waals surface area contributed by atoms with E-state index in [1.54, 1.807) is 0 Å². The lowest BCUT2D eigenvalue weighted by Crippen LogP contribution is -2.26. The van der Waals surface area contributed by atoms with Gasteiger partial charge in [0.25, 0.3) is 0 Å². The fourth-order valence-electron chi connectivity index (χ4n) is 2.73. The third-order valence-electron chi connectivity index (χ3n) is 4.01. The summed E-state index contributed by atoms with van der Waals surface area (Å²) >= 11 is 6.21. The molecule has 0 amide bonds. The van der Waals surface area contributed by atoms with Gasteiger partial charge in [-0.3, -0.25) is 0 Å². The Hall–Kier alpha value is -1.51. The van der Waals surface area contributed by atoms with Crippen LogP contribution in [0, 0.1) is 0 Å². The Labute approximate surface area is 131 Å². The SMILES string of the molecule is CCc1ccc(CNC2CCOc3c(Cl)cccc32)cc1. The van der Waals surface area contributed by atoms with E-state index in [1.165, 1.54) is 16.7 Å². The second-order valence-electron chi connectivity index (χ2n) is 5.40. The van der Waals surface area contributed by atoms with E-state index in [0.29, 0.717) is 17.7 Å². The molecule has 0 radical (unpaired) electrons. The Kier molecular flexibility index (Phi) is 4.47. The highest BCUT2D eigenvalue weighted by molar-refractivity contribution is 6.32. The average Bonchev–Trinajstić information content (AvgIpc) is 2.54. The van der Waals surface area contributed by atoms with Crippen molar-refractivity contribution in [1.82, 2.24) is 5.32 Å². The Morgan fingerprint density at radius 1 is 1.14 bits per heavy atom. The van der Waals surface area contributed by atoms with Gasteiger partial charge in [0.1, 0.15) is 5.75 Å². The van der Waals surface area contributed by atoms with Crippen molar-refractivity contribution in [3.05, 3.63) is 64.2 Å². The molecule has 0 spiro atoms. The van der Waals surface area contributed by atoms with Crippen LogP contribution in [0.4, 0.5) is 0 Å². The van der Waals surface area contributed by atoms with Gasteiger partial charge in [-0.15, -0.1) is 0 Å². The quantitative estimate of drug-likeness (QED) is 0.897. The summed E-state index contributed by atoms with van der Waals surface area (Å²) in [5, 5.41) is 4.32. The van der Waals surface area contributed by atoms with Crippen LogP contribution in [-0.2, 0) is 13.0 Å². The Morgan fingerprint density at radius 3 is 2.67 bits per heavy atom. The van der Waals surface area contributed by atoms with Gasteiger partial charge in [-0.05, 0) is 23.6 Å². The highest BCUT2D eigenvalue weighted by Crippen LogP contribution is 2.37. The van der Waals surface area contributed by atoms with Crippen LogP contribution in [0.3, 0.4) is 0 Å². The lowest BCUT2D eigenvalue weighted by atomic mass is 10.00. The molecule has 110 valence electrons. The van der Waals surface area contributed by atoms with Gasteiger partial charge < -0.3 is 10.1 Å². The van der Waals surface area contributed by atoms with E-state index in [2.05, 4.69) is 42.6 Å². The molecule has 1 unspecified atom stereocenters. The van der Waals surface area contributed by atoms with Crippen molar-refractivity contribution in [2.75, 3.05) is 6.61 Å². The van der Waals surface area contributed by atoms with Crippen LogP contribution in [-0.4, -0.2) is 6.61 Å². The summed E-state index contributed by atoms with van der Waals surface area (Å²) in [6.07, 6.45) is 2.06. The summed E-state index contributed by atoms with van der Waals surface area (Å²) < 4.78 is 5.69. The zero-order chi connectivity index (χ0) is 14.7. The number of para-hydroxylation sites is 1. The lowest BCUT2D eigenvalue weighted by molar-refractivity contribution is 0.252. The summed E-state index contributed by atoms with van der Waals surface area (Å²) in [6.45, 7) is 3.75. The highest BCUT2D eigenvalue weighted by atomic mass is 35.5. The zero-order valence-corrected chi connectivity index (χ0v) is 13.0. The molecule has 3 rings (SSSR count). The fraction of sp³-hybridized carbons (Fsp3) is 0.333. The van der Waals surface area contributed by atoms with Crippen molar-refractivity contribution < 1.29 is 4.74 Å². The fourth-order valence-corrected chi connectivity index (χ4v) is 2.97. The number of benzene rings is 2. The Morgan fingerprint density at radius 2 is 1.90 bits per heavy atom. The molecular weight excluding hydrogens is 282 g/mol. The van der Waals surface area contributed by atoms with Gasteiger partial charge in [-0.25, -0.2) is 0 Å². The highest BCUT2D eigenvalue weighted by Gasteiger charge is 2.22. The van der Waals surface area contributed by atoms with Gasteiger partial charge >= 0.3 is 0 Å². The molecule has 21 heavy (non-hydrogen) atoms. The van der Waals surface area contributed by atoms with E-state index in [0.717, 1.165) is 25.1 Å². The number of fused-ring (bicyclic) bond motifs is 1. The van der Waals surface area contributed by atoms with Crippen LogP contribution in [0.1, 0.15) is 36.1 Å². The number of halogens is 1. The smallest absolute Gasteiger partial charge is 0.142 e. The number of nitrogens with one attached hydrogen (secondary N) is 1. The topological polar surface area (TPSA) is 21.3 Å². The van der Waals surface area contributed by atoms with Gasteiger partial charge in [0.15, 0.2) is 0 Å². The standard InChI is InChI=1S/C18H20ClNO/c1-2-13-6-8-14(9-7-13)12-20-17-10-11-21-18-15(17)4-3-5-16(18)19/h3-9,17,20H,2,10-12H2,1H3. The van der Waals surface area contributed by atoms with Crippen molar-refractivity contribution >= 4 is 11.6 Å². The average molecular weight is 302 g/mol. The van der Waals surface area contributed by atoms with Crippen LogP contribution < -0.4 is 10.1 Å². The second kappa shape index (κ2) is 6.50. The van der Waals surface area contributed by atoms with Crippen LogP contribution in [0.15, 0.2) is 42.5 Å². The van der Waals surface area contributed by atoms with Gasteiger partial charge in [0.2, 0.25) is 0 Å². The molecule has 0 saturated heterocycles. The van der Waals surface area contributed by atoms with Crippen LogP contribution >= 0.6 is 11.6 Å². The maximum absolute atomic E-state index is 6.21. The predicted octanol–water partition coefficient (Wildman–Crippen LogP) is 4.52. The van der Waals surface area contributed by atoms with Gasteiger partial charge in [0.05, 0.1) is 11.6 Å². The summed E-state index contributed by atoms with van der Waals surface area (Å²) in [5.74, 6) is 0.837. The van der Waals surface area contributed by atoms with Crippen molar-refractivity contribution in [3.8, 4) is 5.75 Å². The third kappa shape index (κ3) is 3.22. The summed E-state index contributed by atoms with van der Waals surface area (Å²) in [7, 11) is 0. The van der Waals surface area contributed by atoms with Gasteiger partial charge in [-0.2, -0.15) is 0 Å². The van der Waals surface area contributed by atoms with Crippen molar-refractivity contribution in [1.29, 1.82) is 0 Å². The molecule has 3 heteroatoms. The summed E-state index contributed by atoms with van der Waals surface area (Å²) in [6, 6.07) is 15.1. The van der Waals surface area contributed by atoms with E-state index in [9.17, 15) is 0 Å². The van der Waals surface area contributed by atoms with E-state index >= 15 is 0 Å². The molecule has 0 fully saturated rings. The van der Waals surface area contributed by atoms with Crippen LogP contribution in [0.25, 0.3) is 0 Å². The molecule has 2 aromatic rings. The molecular formula is C18H20ClNO. The van der Waals surface area contributed by atoms with Gasteiger partial charge in [-0.1, -0.05) is 54.9 Å². The first-order valence-electron chi connectivity index (χ1n) is 7.50. The second-order valence-corrected chi connectivity index (χ2v) is 5.81. The molecule has 0 aliphatic carbocycles. The maximum Gasteiger partial charge on any atom is 0.142 e. The predicted molar refractivity (Wildman–Crippen MR) is 87.0 cm³/mol. The van der Waals surface area contributed by atoms with E-state index < -0.39 is 0 Å². The van der Waals surface area contributed by atoms with E-state index in [1.807, 2.05) is 12.1 Å². The first kappa shape index (κ1) is 14.4. The molecule has 2 aromatic carbocycles. The monoisotopic (exact) mass is 301 g/mol. The van der Waals surface area contributed by atoms with E-state index in [4.69, 9.17) is 16.3 Å². The van der Waals surface area contributed by atoms with Crippen molar-refractivity contribution in [2.45, 2.75) is 32.4 Å². The Balaban J connectivity index is 1.70. The molecule has 2 nitrogen and oxygen atoms in total. The van der Waals surface area contributed by atoms with Crippen LogP contribution in [0.2, 0.25) is 5.02 Å². The lowest BCUT2D eigenvalue weighted by Gasteiger charge is -2.27. The van der Waals surface area contributed by atoms with Crippen molar-refractivity contribution in [3.63, 3.8) is 0 Å². The number of hydrogen-bond donors (Lipinski definition) is 1. The minimum atomic E-state index is 0.304. The molecule has 0 aromatic heterocycles. The normalized spacial score (nSPS) is 17.1. The minimum Gasteiger partial charge on any atom is -0.492 e. The minimum absolute atomic E-state index is 0.304. The van der Waals surface area contributed by atoms with Crippen LogP contribution in [0.5, 0.6) is 5.75 Å². The molecule has 1 atom stereocenters. The Bertz CT molecular complexity index is 609. The molecule has 1 N–H and O–H groups in total. The number of rotatable bonds is 4. The molecule has 0 saturated carbocycles. The largest absolute Gasteiger partial charge is 0.492 e. The molecule has 1 aliphatic rings. The van der Waals surface area contributed by atoms with E-state index in [-0.39, 0.29) is 0 Å².